The molecule has 0 heterocycles. The fraction of sp³-hybridized carbons (Fsp3) is 0.200. The maximum Gasteiger partial charge on any atom is 0.124 e. The average Bonchev–Trinajstić information content (AvgIpc) is 1.99. The van der Waals surface area contributed by atoms with E-state index in [9.17, 15) is 4.39 Å². The molecule has 0 aromatic heterocycles. The van der Waals surface area contributed by atoms with Gasteiger partial charge in [0.1, 0.15) is 5.82 Å². The van der Waals surface area contributed by atoms with Crippen molar-refractivity contribution in [3.8, 4) is 0 Å². The van der Waals surface area contributed by atoms with E-state index in [4.69, 9.17) is 0 Å². The highest BCUT2D eigenvalue weighted by atomic mass is 79.9. The maximum absolute atomic E-state index is 12.9. The first-order valence-electron chi connectivity index (χ1n) is 3.86. The molecule has 3 heteroatoms. The van der Waals surface area contributed by atoms with E-state index < -0.39 is 0 Å². The van der Waals surface area contributed by atoms with Crippen molar-refractivity contribution in [3.05, 3.63) is 45.1 Å². The van der Waals surface area contributed by atoms with Crippen molar-refractivity contribution >= 4 is 31.9 Å². The summed E-state index contributed by atoms with van der Waals surface area (Å²) in [5.41, 5.74) is 0.979. The molecule has 1 aromatic carbocycles. The lowest BCUT2D eigenvalue weighted by molar-refractivity contribution is 0.624. The summed E-state index contributed by atoms with van der Waals surface area (Å²) in [6.45, 7) is 3.73. The molecular formula is C10H9Br2F. The molecule has 0 unspecified atom stereocenters. The minimum atomic E-state index is -0.204. The van der Waals surface area contributed by atoms with E-state index in [-0.39, 0.29) is 5.82 Å². The van der Waals surface area contributed by atoms with Crippen molar-refractivity contribution in [1.82, 2.24) is 0 Å². The van der Waals surface area contributed by atoms with E-state index >= 15 is 0 Å². The quantitative estimate of drug-likeness (QED) is 0.775. The molecule has 0 aliphatic heterocycles. The van der Waals surface area contributed by atoms with Gasteiger partial charge in [0, 0.05) is 4.47 Å². The van der Waals surface area contributed by atoms with Crippen LogP contribution in [0.15, 0.2) is 33.7 Å². The molecule has 0 aliphatic carbocycles. The second kappa shape index (κ2) is 4.91. The molecule has 70 valence electrons. The highest BCUT2D eigenvalue weighted by molar-refractivity contribution is 9.11. The van der Waals surface area contributed by atoms with Crippen LogP contribution in [0.1, 0.15) is 12.0 Å². The third-order valence-electron chi connectivity index (χ3n) is 1.61. The van der Waals surface area contributed by atoms with Crippen molar-refractivity contribution in [1.29, 1.82) is 0 Å². The SMILES string of the molecule is C=C(Br)CCc1cc(F)cc(Br)c1. The monoisotopic (exact) mass is 306 g/mol. The number of aryl methyl sites for hydroxylation is 1. The first-order valence-corrected chi connectivity index (χ1v) is 5.45. The third kappa shape index (κ3) is 4.05. The Bertz CT molecular complexity index is 300. The third-order valence-corrected chi connectivity index (χ3v) is 2.46. The number of benzene rings is 1. The van der Waals surface area contributed by atoms with E-state index in [1.807, 2.05) is 6.07 Å². The molecule has 0 radical (unpaired) electrons. The topological polar surface area (TPSA) is 0 Å². The van der Waals surface area contributed by atoms with Crippen LogP contribution in [0, 0.1) is 5.82 Å². The summed E-state index contributed by atoms with van der Waals surface area (Å²) in [5.74, 6) is -0.204. The van der Waals surface area contributed by atoms with Crippen LogP contribution in [-0.2, 0) is 6.42 Å². The first-order chi connectivity index (χ1) is 6.08. The molecule has 1 rings (SSSR count). The maximum atomic E-state index is 12.9. The Hall–Kier alpha value is -0.150. The fourth-order valence-corrected chi connectivity index (χ4v) is 1.75. The van der Waals surface area contributed by atoms with Crippen LogP contribution in [0.3, 0.4) is 0 Å². The zero-order valence-electron chi connectivity index (χ0n) is 6.99. The van der Waals surface area contributed by atoms with Gasteiger partial charge in [-0.25, -0.2) is 4.39 Å². The Morgan fingerprint density at radius 3 is 2.62 bits per heavy atom. The van der Waals surface area contributed by atoms with Gasteiger partial charge in [0.15, 0.2) is 0 Å². The van der Waals surface area contributed by atoms with Gasteiger partial charge in [0.05, 0.1) is 0 Å². The summed E-state index contributed by atoms with van der Waals surface area (Å²) in [5, 5.41) is 0. The number of hydrogen-bond acceptors (Lipinski definition) is 0. The van der Waals surface area contributed by atoms with Gasteiger partial charge in [-0.3, -0.25) is 0 Å². The summed E-state index contributed by atoms with van der Waals surface area (Å²) < 4.78 is 14.6. The Morgan fingerprint density at radius 2 is 2.08 bits per heavy atom. The normalized spacial score (nSPS) is 10.1. The highest BCUT2D eigenvalue weighted by Crippen LogP contribution is 2.18. The summed E-state index contributed by atoms with van der Waals surface area (Å²) in [6, 6.07) is 4.91. The smallest absolute Gasteiger partial charge is 0.124 e. The van der Waals surface area contributed by atoms with Gasteiger partial charge in [0.25, 0.3) is 0 Å². The summed E-state index contributed by atoms with van der Waals surface area (Å²) in [7, 11) is 0. The Labute approximate surface area is 94.1 Å². The van der Waals surface area contributed by atoms with Gasteiger partial charge in [-0.15, -0.1) is 0 Å². The van der Waals surface area contributed by atoms with Gasteiger partial charge in [-0.05, 0) is 41.1 Å². The molecule has 0 saturated heterocycles. The zero-order valence-corrected chi connectivity index (χ0v) is 10.2. The molecule has 0 bridgehead atoms. The lowest BCUT2D eigenvalue weighted by Crippen LogP contribution is -1.87. The fourth-order valence-electron chi connectivity index (χ4n) is 1.04. The van der Waals surface area contributed by atoms with Crippen LogP contribution in [0.2, 0.25) is 0 Å². The van der Waals surface area contributed by atoms with Crippen molar-refractivity contribution < 1.29 is 4.39 Å². The minimum absolute atomic E-state index is 0.204. The van der Waals surface area contributed by atoms with Gasteiger partial charge in [-0.2, -0.15) is 0 Å². The Balaban J connectivity index is 2.71. The second-order valence-corrected chi connectivity index (χ2v) is 4.83. The van der Waals surface area contributed by atoms with Crippen LogP contribution in [0.4, 0.5) is 4.39 Å². The standard InChI is InChI=1S/C10H9Br2F/c1-7(11)2-3-8-4-9(12)6-10(13)5-8/h4-6H,1-3H2. The molecule has 0 atom stereocenters. The number of rotatable bonds is 3. The van der Waals surface area contributed by atoms with Crippen LogP contribution in [-0.4, -0.2) is 0 Å². The molecular weight excluding hydrogens is 299 g/mol. The summed E-state index contributed by atoms with van der Waals surface area (Å²) in [6.07, 6.45) is 1.64. The molecule has 0 aliphatic rings. The molecule has 13 heavy (non-hydrogen) atoms. The first kappa shape index (κ1) is 10.9. The van der Waals surface area contributed by atoms with E-state index in [0.29, 0.717) is 0 Å². The molecule has 1 aromatic rings. The number of allylic oxidation sites excluding steroid dienone is 1. The minimum Gasteiger partial charge on any atom is -0.207 e. The molecule has 0 N–H and O–H groups in total. The zero-order chi connectivity index (χ0) is 9.84. The van der Waals surface area contributed by atoms with Crippen LogP contribution in [0.25, 0.3) is 0 Å². The van der Waals surface area contributed by atoms with Crippen molar-refractivity contribution in [3.63, 3.8) is 0 Å². The predicted octanol–water partition coefficient (Wildman–Crippen LogP) is 4.43. The van der Waals surface area contributed by atoms with Crippen molar-refractivity contribution in [2.24, 2.45) is 0 Å². The van der Waals surface area contributed by atoms with Gasteiger partial charge >= 0.3 is 0 Å². The van der Waals surface area contributed by atoms with Crippen LogP contribution in [0.5, 0.6) is 0 Å². The number of halogens is 3. The largest absolute Gasteiger partial charge is 0.207 e. The summed E-state index contributed by atoms with van der Waals surface area (Å²) in [4.78, 5) is 0. The average molecular weight is 308 g/mol. The number of hydrogen-bond donors (Lipinski definition) is 0. The molecule has 0 spiro atoms. The van der Waals surface area contributed by atoms with E-state index in [1.54, 1.807) is 6.07 Å². The molecule has 0 amide bonds. The predicted molar refractivity (Wildman–Crippen MR) is 60.5 cm³/mol. The lowest BCUT2D eigenvalue weighted by Gasteiger charge is -2.01. The van der Waals surface area contributed by atoms with Gasteiger partial charge in [0.2, 0.25) is 0 Å². The van der Waals surface area contributed by atoms with E-state index in [1.165, 1.54) is 6.07 Å². The van der Waals surface area contributed by atoms with Crippen LogP contribution >= 0.6 is 31.9 Å². The molecule has 0 nitrogen and oxygen atoms in total. The van der Waals surface area contributed by atoms with Gasteiger partial charge in [-0.1, -0.05) is 38.4 Å². The highest BCUT2D eigenvalue weighted by Gasteiger charge is 1.99. The Kier molecular flexibility index (Phi) is 4.13. The van der Waals surface area contributed by atoms with E-state index in [0.717, 1.165) is 27.4 Å². The lowest BCUT2D eigenvalue weighted by atomic mass is 10.1. The summed E-state index contributed by atoms with van der Waals surface area (Å²) >= 11 is 6.51. The Morgan fingerprint density at radius 1 is 1.38 bits per heavy atom. The molecule has 0 saturated carbocycles. The van der Waals surface area contributed by atoms with E-state index in [2.05, 4.69) is 38.4 Å². The van der Waals surface area contributed by atoms with Crippen molar-refractivity contribution in [2.75, 3.05) is 0 Å². The van der Waals surface area contributed by atoms with Gasteiger partial charge < -0.3 is 0 Å². The van der Waals surface area contributed by atoms with Crippen LogP contribution < -0.4 is 0 Å². The second-order valence-electron chi connectivity index (χ2n) is 2.79. The molecule has 0 fully saturated rings. The van der Waals surface area contributed by atoms with Crippen molar-refractivity contribution in [2.45, 2.75) is 12.8 Å².